The number of ether oxygens (including phenoxy) is 1. The van der Waals surface area contributed by atoms with Gasteiger partial charge in [-0.1, -0.05) is 0 Å². The molecule has 1 amide bonds. The van der Waals surface area contributed by atoms with Crippen molar-refractivity contribution < 1.29 is 44.3 Å². The van der Waals surface area contributed by atoms with Crippen LogP contribution in [0.5, 0.6) is 5.75 Å². The van der Waals surface area contributed by atoms with Crippen molar-refractivity contribution >= 4 is 40.6 Å². The topological polar surface area (TPSA) is 203 Å². The number of phenolic OH excluding ortho intramolecular Hbond substituents is 1. The second-order valence-electron chi connectivity index (χ2n) is 11.1. The van der Waals surface area contributed by atoms with E-state index in [1.807, 2.05) is 0 Å². The lowest BCUT2D eigenvalue weighted by atomic mass is 9.57. The van der Waals surface area contributed by atoms with Crippen molar-refractivity contribution in [3.05, 3.63) is 34.1 Å². The second kappa shape index (κ2) is 10.4. The lowest BCUT2D eigenvalue weighted by Gasteiger charge is -2.50. The monoisotopic (exact) mass is 572 g/mol. The number of esters is 1. The molecule has 0 aliphatic heterocycles. The zero-order valence-electron chi connectivity index (χ0n) is 23.8. The summed E-state index contributed by atoms with van der Waals surface area (Å²) in [5, 5.41) is 48.4. The number of fused-ring (bicyclic) bond motifs is 3. The van der Waals surface area contributed by atoms with Gasteiger partial charge in [-0.05, 0) is 58.3 Å². The van der Waals surface area contributed by atoms with Crippen molar-refractivity contribution in [1.82, 2.24) is 4.90 Å². The Labute approximate surface area is 236 Å². The second-order valence-corrected chi connectivity index (χ2v) is 11.1. The van der Waals surface area contributed by atoms with Crippen molar-refractivity contribution in [1.29, 1.82) is 0 Å². The van der Waals surface area contributed by atoms with E-state index >= 15 is 0 Å². The normalized spacial score (nSPS) is 26.3. The SMILES string of the molecule is CCOC(=O)C(C)Nc1cc(N(C)C)c2c(c1O)C(O)=C1C(=O)C3(O)C(O)=C(C(N)=O)C(=O)C(N(C)C)C3CC1C2. The van der Waals surface area contributed by atoms with E-state index in [1.165, 1.54) is 11.8 Å². The van der Waals surface area contributed by atoms with Gasteiger partial charge in [0.1, 0.15) is 28.9 Å². The molecule has 0 spiro atoms. The number of hydrogen-bond donors (Lipinski definition) is 6. The minimum Gasteiger partial charge on any atom is -0.508 e. The van der Waals surface area contributed by atoms with E-state index in [1.54, 1.807) is 46.1 Å². The molecule has 13 nitrogen and oxygen atoms in total. The maximum absolute atomic E-state index is 14.0. The molecule has 4 rings (SSSR count). The van der Waals surface area contributed by atoms with Gasteiger partial charge in [-0.25, -0.2) is 4.79 Å². The Morgan fingerprint density at radius 3 is 2.37 bits per heavy atom. The number of likely N-dealkylation sites (N-methyl/N-ethyl adjacent to an activating group) is 1. The Morgan fingerprint density at radius 1 is 1.20 bits per heavy atom. The van der Waals surface area contributed by atoms with Crippen LogP contribution in [-0.4, -0.2) is 101 Å². The highest BCUT2D eigenvalue weighted by Gasteiger charge is 2.64. The number of aliphatic hydroxyl groups excluding tert-OH is 2. The molecule has 0 aromatic heterocycles. The number of carbonyl (C=O) groups excluding carboxylic acids is 4. The Bertz CT molecular complexity index is 1410. The summed E-state index contributed by atoms with van der Waals surface area (Å²) in [7, 11) is 6.59. The van der Waals surface area contributed by atoms with E-state index in [0.717, 1.165) is 0 Å². The first-order valence-corrected chi connectivity index (χ1v) is 13.2. The Kier molecular flexibility index (Phi) is 7.56. The van der Waals surface area contributed by atoms with Crippen LogP contribution in [-0.2, 0) is 30.3 Å². The third kappa shape index (κ3) is 4.39. The largest absolute Gasteiger partial charge is 0.508 e. The van der Waals surface area contributed by atoms with E-state index in [-0.39, 0.29) is 36.3 Å². The Hall–Kier alpha value is -4.10. The molecule has 5 atom stereocenters. The van der Waals surface area contributed by atoms with Gasteiger partial charge < -0.3 is 41.1 Å². The van der Waals surface area contributed by atoms with E-state index in [2.05, 4.69) is 5.32 Å². The number of hydrogen-bond acceptors (Lipinski definition) is 12. The first-order valence-electron chi connectivity index (χ1n) is 13.2. The summed E-state index contributed by atoms with van der Waals surface area (Å²) in [5.74, 6) is -7.83. The fraction of sp³-hybridized carbons (Fsp3) is 0.500. The average Bonchev–Trinajstić information content (AvgIpc) is 2.87. The van der Waals surface area contributed by atoms with Gasteiger partial charge in [0.2, 0.25) is 5.78 Å². The number of aromatic hydroxyl groups is 1. The molecule has 1 fully saturated rings. The van der Waals surface area contributed by atoms with Crippen LogP contribution in [0.15, 0.2) is 23.0 Å². The molecule has 7 N–H and O–H groups in total. The molecule has 1 saturated carbocycles. The summed E-state index contributed by atoms with van der Waals surface area (Å²) >= 11 is 0. The zero-order valence-corrected chi connectivity index (χ0v) is 23.8. The number of primary amides is 1. The summed E-state index contributed by atoms with van der Waals surface area (Å²) in [6, 6.07) is -0.413. The number of rotatable bonds is 7. The Morgan fingerprint density at radius 2 is 1.83 bits per heavy atom. The van der Waals surface area contributed by atoms with E-state index in [4.69, 9.17) is 10.5 Å². The Balaban J connectivity index is 1.93. The summed E-state index contributed by atoms with van der Waals surface area (Å²) < 4.78 is 5.03. The van der Waals surface area contributed by atoms with Crippen molar-refractivity contribution in [2.75, 3.05) is 45.0 Å². The van der Waals surface area contributed by atoms with E-state index < -0.39 is 75.8 Å². The number of amides is 1. The molecule has 3 aliphatic rings. The van der Waals surface area contributed by atoms with Crippen molar-refractivity contribution in [2.45, 2.75) is 44.4 Å². The lowest BCUT2D eigenvalue weighted by molar-refractivity contribution is -0.153. The summed E-state index contributed by atoms with van der Waals surface area (Å²) in [6.45, 7) is 3.36. The summed E-state index contributed by atoms with van der Waals surface area (Å²) in [4.78, 5) is 54.8. The minimum absolute atomic E-state index is 0.0146. The van der Waals surface area contributed by atoms with Crippen LogP contribution in [0.4, 0.5) is 11.4 Å². The first-order chi connectivity index (χ1) is 19.1. The standard InChI is InChI=1S/C28H36N4O9/c1-7-41-27(39)11(2)30-15-10-16(31(3)4)13-8-12-9-14-20(32(5)6)23(35)19(26(29)38)25(37)28(14,40)24(36)17(12)22(34)18(13)21(15)33/h10-12,14,20,30,33-34,37,40H,7-9H2,1-6H3,(H2,29,38). The average molecular weight is 573 g/mol. The molecule has 5 unspecified atom stereocenters. The van der Waals surface area contributed by atoms with Crippen LogP contribution in [0.3, 0.4) is 0 Å². The fourth-order valence-corrected chi connectivity index (χ4v) is 6.36. The fourth-order valence-electron chi connectivity index (χ4n) is 6.36. The molecular formula is C28H36N4O9. The van der Waals surface area contributed by atoms with Gasteiger partial charge in [0.25, 0.3) is 5.91 Å². The van der Waals surface area contributed by atoms with Crippen LogP contribution in [0.1, 0.15) is 31.4 Å². The number of nitrogens with zero attached hydrogens (tertiary/aromatic N) is 2. The van der Waals surface area contributed by atoms with Gasteiger partial charge in [-0.15, -0.1) is 0 Å². The molecule has 1 aromatic rings. The highest BCUT2D eigenvalue weighted by molar-refractivity contribution is 6.24. The van der Waals surface area contributed by atoms with Gasteiger partial charge in [0, 0.05) is 31.3 Å². The number of ketones is 2. The minimum atomic E-state index is -2.72. The highest BCUT2D eigenvalue weighted by atomic mass is 16.5. The molecule has 41 heavy (non-hydrogen) atoms. The maximum Gasteiger partial charge on any atom is 0.328 e. The number of nitrogens with two attached hydrogens (primary N) is 1. The van der Waals surface area contributed by atoms with Gasteiger partial charge in [0.05, 0.1) is 23.9 Å². The van der Waals surface area contributed by atoms with Crippen LogP contribution in [0.25, 0.3) is 5.76 Å². The molecule has 222 valence electrons. The van der Waals surface area contributed by atoms with E-state index in [0.29, 0.717) is 11.3 Å². The molecule has 13 heteroatoms. The predicted octanol–water partition coefficient (Wildman–Crippen LogP) is 0.394. The van der Waals surface area contributed by atoms with Gasteiger partial charge in [0.15, 0.2) is 11.4 Å². The number of carbonyl (C=O) groups is 4. The van der Waals surface area contributed by atoms with Gasteiger partial charge in [-0.3, -0.25) is 19.3 Å². The first kappa shape index (κ1) is 29.9. The van der Waals surface area contributed by atoms with Crippen LogP contribution in [0.2, 0.25) is 0 Å². The molecule has 0 bridgehead atoms. The molecule has 0 heterocycles. The molecule has 1 aromatic carbocycles. The van der Waals surface area contributed by atoms with Crippen molar-refractivity contribution in [3.8, 4) is 5.75 Å². The molecule has 0 saturated heterocycles. The third-order valence-corrected chi connectivity index (χ3v) is 8.19. The highest BCUT2D eigenvalue weighted by Crippen LogP contribution is 2.54. The van der Waals surface area contributed by atoms with Crippen LogP contribution < -0.4 is 16.0 Å². The molecule has 0 radical (unpaired) electrons. The number of nitrogens with one attached hydrogen (secondary N) is 1. The molecular weight excluding hydrogens is 536 g/mol. The van der Waals surface area contributed by atoms with Crippen LogP contribution in [0, 0.1) is 11.8 Å². The smallest absolute Gasteiger partial charge is 0.328 e. The zero-order chi connectivity index (χ0) is 30.7. The summed E-state index contributed by atoms with van der Waals surface area (Å²) in [5.41, 5.74) is 2.61. The van der Waals surface area contributed by atoms with Crippen molar-refractivity contribution in [3.63, 3.8) is 0 Å². The number of benzene rings is 1. The van der Waals surface area contributed by atoms with Crippen molar-refractivity contribution in [2.24, 2.45) is 17.6 Å². The third-order valence-electron chi connectivity index (χ3n) is 8.19. The predicted molar refractivity (Wildman–Crippen MR) is 148 cm³/mol. The lowest BCUT2D eigenvalue weighted by Crippen LogP contribution is -2.65. The quantitative estimate of drug-likeness (QED) is 0.149. The molecule has 3 aliphatic carbocycles. The van der Waals surface area contributed by atoms with Crippen LogP contribution >= 0.6 is 0 Å². The number of aliphatic hydroxyl groups is 3. The maximum atomic E-state index is 14.0. The van der Waals surface area contributed by atoms with Gasteiger partial charge >= 0.3 is 5.97 Å². The van der Waals surface area contributed by atoms with E-state index in [9.17, 15) is 39.6 Å². The number of phenols is 1. The number of anilines is 2. The number of Topliss-reactive ketones (excluding diaryl/α,β-unsaturated/α-hetero) is 2. The van der Waals surface area contributed by atoms with Gasteiger partial charge in [-0.2, -0.15) is 0 Å². The summed E-state index contributed by atoms with van der Waals surface area (Å²) in [6.07, 6.45) is 0.128.